The van der Waals surface area contributed by atoms with Crippen LogP contribution in [0, 0.1) is 0 Å². The average molecular weight is 461 g/mol. The van der Waals surface area contributed by atoms with Crippen LogP contribution in [0.4, 0.5) is 62.8 Å². The zero-order valence-electron chi connectivity index (χ0n) is 14.0. The van der Waals surface area contributed by atoms with Gasteiger partial charge in [-0.25, -0.2) is 0 Å². The average Bonchev–Trinajstić information content (AvgIpc) is 2.60. The van der Waals surface area contributed by atoms with Crippen LogP contribution in [0.3, 0.4) is 0 Å². The van der Waals surface area contributed by atoms with E-state index in [1.54, 1.807) is 0 Å². The van der Waals surface area contributed by atoms with Crippen LogP contribution in [0.5, 0.6) is 0 Å². The third-order valence-corrected chi connectivity index (χ3v) is 4.01. The van der Waals surface area contributed by atoms with Crippen molar-refractivity contribution in [2.24, 2.45) is 0 Å². The van der Waals surface area contributed by atoms with Gasteiger partial charge in [0, 0.05) is 11.1 Å². The lowest BCUT2D eigenvalue weighted by molar-refractivity contribution is -0.437. The Labute approximate surface area is 158 Å². The molecule has 0 bridgehead atoms. The molecule has 0 fully saturated rings. The van der Waals surface area contributed by atoms with Gasteiger partial charge >= 0.3 is 35.9 Å². The summed E-state index contributed by atoms with van der Waals surface area (Å²) >= 11 is 0. The van der Waals surface area contributed by atoms with Gasteiger partial charge in [-0.2, -0.15) is 57.1 Å². The highest BCUT2D eigenvalue weighted by Gasteiger charge is 2.91. The third kappa shape index (κ3) is 3.29. The van der Waals surface area contributed by atoms with Crippen molar-refractivity contribution in [3.05, 3.63) is 42.5 Å². The monoisotopic (exact) mass is 461 g/mol. The van der Waals surface area contributed by atoms with Crippen molar-refractivity contribution in [1.82, 2.24) is 0 Å². The van der Waals surface area contributed by atoms with Crippen LogP contribution in [0.15, 0.2) is 42.5 Å². The van der Waals surface area contributed by atoms with Gasteiger partial charge in [0.1, 0.15) is 0 Å². The topological polar surface area (TPSA) is 12.0 Å². The van der Waals surface area contributed by atoms with Gasteiger partial charge in [0.2, 0.25) is 0 Å². The first-order chi connectivity index (χ1) is 13.3. The lowest BCUT2D eigenvalue weighted by atomic mass is 9.96. The van der Waals surface area contributed by atoms with E-state index in [0.29, 0.717) is 11.4 Å². The molecule has 14 heteroatoms. The number of nitrogens with one attached hydrogen (secondary N) is 1. The molecule has 0 saturated carbocycles. The summed E-state index contributed by atoms with van der Waals surface area (Å²) < 4.78 is 171. The van der Waals surface area contributed by atoms with Crippen molar-refractivity contribution in [3.63, 3.8) is 0 Å². The van der Waals surface area contributed by atoms with Crippen molar-refractivity contribution >= 4 is 16.5 Å². The van der Waals surface area contributed by atoms with E-state index in [-0.39, 0.29) is 10.8 Å². The number of alkyl halides is 13. The minimum Gasteiger partial charge on any atom is -0.321 e. The van der Waals surface area contributed by atoms with Gasteiger partial charge < -0.3 is 5.32 Å². The smallest absolute Gasteiger partial charge is 0.321 e. The lowest BCUT2D eigenvalue weighted by Gasteiger charge is -2.39. The summed E-state index contributed by atoms with van der Waals surface area (Å²) in [5.41, 5.74) is -1.00. The van der Waals surface area contributed by atoms with Gasteiger partial charge in [-0.1, -0.05) is 36.4 Å². The molecule has 1 N–H and O–H groups in total. The molecule has 168 valence electrons. The molecule has 0 spiro atoms. The van der Waals surface area contributed by atoms with Crippen LogP contribution >= 0.6 is 0 Å². The standard InChI is InChI=1S/C16H8F13N/c17-11(18,13(21,22)15(25,26)27)12(19,20)14(23,24)16(28,29)30-10-7-3-5-8-4-1-2-6-9(8)10/h1-7,30H. The molecule has 2 rings (SSSR count). The lowest BCUT2D eigenvalue weighted by Crippen LogP contribution is -2.71. The van der Waals surface area contributed by atoms with Gasteiger partial charge in [0.05, 0.1) is 0 Å². The molecule has 30 heavy (non-hydrogen) atoms. The van der Waals surface area contributed by atoms with Crippen molar-refractivity contribution in [3.8, 4) is 0 Å². The van der Waals surface area contributed by atoms with Crippen LogP contribution in [0.1, 0.15) is 0 Å². The summed E-state index contributed by atoms with van der Waals surface area (Å²) in [6.07, 6.45) is -7.44. The first-order valence-corrected chi connectivity index (χ1v) is 7.53. The van der Waals surface area contributed by atoms with Crippen molar-refractivity contribution in [2.75, 3.05) is 5.32 Å². The molecule has 0 aliphatic carbocycles. The molecule has 0 amide bonds. The molecule has 2 aromatic carbocycles. The van der Waals surface area contributed by atoms with E-state index in [2.05, 4.69) is 0 Å². The molecule has 0 radical (unpaired) electrons. The Morgan fingerprint density at radius 3 is 1.50 bits per heavy atom. The number of benzene rings is 2. The Bertz CT molecular complexity index is 911. The van der Waals surface area contributed by atoms with Gasteiger partial charge in [0.25, 0.3) is 0 Å². The maximum absolute atomic E-state index is 13.9. The summed E-state index contributed by atoms with van der Waals surface area (Å²) in [6, 6.07) is 1.38. The molecule has 0 saturated heterocycles. The second-order valence-corrected chi connectivity index (χ2v) is 6.02. The molecule has 0 heterocycles. The van der Waals surface area contributed by atoms with Crippen LogP contribution in [-0.4, -0.2) is 35.9 Å². The first-order valence-electron chi connectivity index (χ1n) is 7.53. The Morgan fingerprint density at radius 1 is 0.500 bits per heavy atom. The maximum atomic E-state index is 13.9. The fourth-order valence-corrected chi connectivity index (χ4v) is 2.35. The molecule has 2 aromatic rings. The number of hydrogen-bond acceptors (Lipinski definition) is 1. The van der Waals surface area contributed by atoms with Gasteiger partial charge in [-0.05, 0) is 11.5 Å². The zero-order valence-corrected chi connectivity index (χ0v) is 14.0. The normalized spacial score (nSPS) is 14.8. The minimum absolute atomic E-state index is 0.0994. The summed E-state index contributed by atoms with van der Waals surface area (Å²) in [6.45, 7) is 0. The molecular formula is C16H8F13N. The second-order valence-electron chi connectivity index (χ2n) is 6.02. The molecule has 0 atom stereocenters. The van der Waals surface area contributed by atoms with Gasteiger partial charge in [-0.3, -0.25) is 0 Å². The van der Waals surface area contributed by atoms with Crippen molar-refractivity contribution in [1.29, 1.82) is 0 Å². The van der Waals surface area contributed by atoms with Gasteiger partial charge in [-0.15, -0.1) is 0 Å². The van der Waals surface area contributed by atoms with Crippen LogP contribution < -0.4 is 5.32 Å². The van der Waals surface area contributed by atoms with E-state index in [9.17, 15) is 57.1 Å². The highest BCUT2D eigenvalue weighted by Crippen LogP contribution is 2.60. The predicted molar refractivity (Wildman–Crippen MR) is 78.4 cm³/mol. The SMILES string of the molecule is FC(F)(F)C(F)(F)C(F)(F)C(F)(F)C(F)(F)C(F)(F)Nc1cccc2ccccc12. The van der Waals surface area contributed by atoms with Gasteiger partial charge in [0.15, 0.2) is 0 Å². The van der Waals surface area contributed by atoms with Crippen LogP contribution in [-0.2, 0) is 0 Å². The Hall–Kier alpha value is -2.41. The van der Waals surface area contributed by atoms with Crippen LogP contribution in [0.2, 0.25) is 0 Å². The summed E-state index contributed by atoms with van der Waals surface area (Å²) in [7, 11) is 0. The molecule has 1 nitrogen and oxygen atoms in total. The Morgan fingerprint density at radius 2 is 0.967 bits per heavy atom. The van der Waals surface area contributed by atoms with E-state index < -0.39 is 41.6 Å². The van der Waals surface area contributed by atoms with Crippen molar-refractivity contribution < 1.29 is 57.1 Å². The molecule has 0 unspecified atom stereocenters. The fraction of sp³-hybridized carbons (Fsp3) is 0.375. The molecular weight excluding hydrogens is 453 g/mol. The highest BCUT2D eigenvalue weighted by atomic mass is 19.4. The minimum atomic E-state index is -7.92. The predicted octanol–water partition coefficient (Wildman–Crippen LogP) is 6.95. The second kappa shape index (κ2) is 6.80. The summed E-state index contributed by atoms with van der Waals surface area (Å²) in [4.78, 5) is 0. The van der Waals surface area contributed by atoms with E-state index in [1.165, 1.54) is 24.3 Å². The zero-order chi connectivity index (χ0) is 23.4. The summed E-state index contributed by atoms with van der Waals surface area (Å²) in [5, 5.41) is 0.361. The first kappa shape index (κ1) is 23.9. The number of hydrogen-bond donors (Lipinski definition) is 1. The Kier molecular flexibility index (Phi) is 5.41. The van der Waals surface area contributed by atoms with E-state index in [4.69, 9.17) is 0 Å². The van der Waals surface area contributed by atoms with Crippen LogP contribution in [0.25, 0.3) is 10.8 Å². The number of fused-ring (bicyclic) bond motifs is 1. The number of rotatable bonds is 6. The number of halogens is 13. The molecule has 0 aromatic heterocycles. The van der Waals surface area contributed by atoms with Crippen molar-refractivity contribution in [2.45, 2.75) is 35.9 Å². The Balaban J connectivity index is 2.54. The molecule has 0 aliphatic rings. The summed E-state index contributed by atoms with van der Waals surface area (Å²) in [5.74, 6) is -30.9. The van der Waals surface area contributed by atoms with E-state index in [1.807, 2.05) is 0 Å². The number of anilines is 1. The highest BCUT2D eigenvalue weighted by molar-refractivity contribution is 5.93. The maximum Gasteiger partial charge on any atom is 0.460 e. The van der Waals surface area contributed by atoms with E-state index in [0.717, 1.165) is 12.1 Å². The van der Waals surface area contributed by atoms with E-state index >= 15 is 0 Å². The largest absolute Gasteiger partial charge is 0.460 e. The third-order valence-electron chi connectivity index (χ3n) is 4.01. The fourth-order valence-electron chi connectivity index (χ4n) is 2.35. The quantitative estimate of drug-likeness (QED) is 0.363. The molecule has 0 aliphatic heterocycles.